The maximum absolute atomic E-state index is 12.9. The van der Waals surface area contributed by atoms with Crippen LogP contribution < -0.4 is 10.1 Å². The molecule has 3 rings (SSSR count). The summed E-state index contributed by atoms with van der Waals surface area (Å²) < 4.78 is 79.5. The number of rotatable bonds is 4. The number of nitrogens with one attached hydrogen (secondary N) is 1. The number of benzene rings is 1. The van der Waals surface area contributed by atoms with Crippen molar-refractivity contribution in [3.8, 4) is 5.75 Å². The average Bonchev–Trinajstić information content (AvgIpc) is 2.97. The first-order valence-electron chi connectivity index (χ1n) is 7.45. The standard InChI is InChI=1S/C15H11F6N5O/c1-8(9-2-4-10(5-3-9)27-15(19,20)21)22-11-6-7-12-23-24-13(14(16,17)18)26(12)25-11/h2-8H,1H3,(H,22,25). The molecule has 0 saturated carbocycles. The molecule has 12 heteroatoms. The summed E-state index contributed by atoms with van der Waals surface area (Å²) in [4.78, 5) is 0. The minimum atomic E-state index is -4.79. The van der Waals surface area contributed by atoms with Crippen molar-refractivity contribution in [3.05, 3.63) is 47.8 Å². The molecule has 0 fully saturated rings. The molecule has 1 N–H and O–H groups in total. The predicted molar refractivity (Wildman–Crippen MR) is 80.9 cm³/mol. The second-order valence-corrected chi connectivity index (χ2v) is 5.49. The van der Waals surface area contributed by atoms with Gasteiger partial charge in [0.25, 0.3) is 5.82 Å². The van der Waals surface area contributed by atoms with Crippen molar-refractivity contribution in [3.63, 3.8) is 0 Å². The van der Waals surface area contributed by atoms with Crippen LogP contribution in [0.5, 0.6) is 5.75 Å². The van der Waals surface area contributed by atoms with E-state index in [1.54, 1.807) is 6.92 Å². The first kappa shape index (κ1) is 18.7. The maximum Gasteiger partial charge on any atom is 0.573 e. The van der Waals surface area contributed by atoms with E-state index in [-0.39, 0.29) is 17.2 Å². The lowest BCUT2D eigenvalue weighted by atomic mass is 10.1. The molecule has 6 nitrogen and oxygen atoms in total. The number of hydrogen-bond acceptors (Lipinski definition) is 5. The maximum atomic E-state index is 12.9. The van der Waals surface area contributed by atoms with E-state index in [2.05, 4.69) is 25.3 Å². The minimum absolute atomic E-state index is 0.0748. The fourth-order valence-electron chi connectivity index (χ4n) is 2.31. The van der Waals surface area contributed by atoms with Gasteiger partial charge in [-0.1, -0.05) is 12.1 Å². The van der Waals surface area contributed by atoms with Gasteiger partial charge in [0.15, 0.2) is 5.65 Å². The van der Waals surface area contributed by atoms with Crippen LogP contribution in [0, 0.1) is 0 Å². The first-order valence-corrected chi connectivity index (χ1v) is 7.45. The molecule has 1 atom stereocenters. The highest BCUT2D eigenvalue weighted by atomic mass is 19.4. The number of fused-ring (bicyclic) bond motifs is 1. The fourth-order valence-corrected chi connectivity index (χ4v) is 2.31. The van der Waals surface area contributed by atoms with E-state index in [0.29, 0.717) is 10.1 Å². The molecule has 2 heterocycles. The largest absolute Gasteiger partial charge is 0.573 e. The highest BCUT2D eigenvalue weighted by Crippen LogP contribution is 2.28. The zero-order chi connectivity index (χ0) is 19.8. The molecule has 0 saturated heterocycles. The number of alkyl halides is 6. The third kappa shape index (κ3) is 4.38. The zero-order valence-electron chi connectivity index (χ0n) is 13.5. The van der Waals surface area contributed by atoms with Crippen molar-refractivity contribution in [2.45, 2.75) is 25.5 Å². The highest BCUT2D eigenvalue weighted by molar-refractivity contribution is 5.45. The minimum Gasteiger partial charge on any atom is -0.406 e. The van der Waals surface area contributed by atoms with Crippen molar-refractivity contribution in [1.82, 2.24) is 19.8 Å². The second-order valence-electron chi connectivity index (χ2n) is 5.49. The molecule has 0 bridgehead atoms. The third-order valence-electron chi connectivity index (χ3n) is 3.49. The van der Waals surface area contributed by atoms with Crippen molar-refractivity contribution >= 4 is 11.5 Å². The first-order chi connectivity index (χ1) is 12.5. The molecular formula is C15H11F6N5O. The van der Waals surface area contributed by atoms with E-state index < -0.39 is 24.4 Å². The Morgan fingerprint density at radius 2 is 1.63 bits per heavy atom. The molecule has 27 heavy (non-hydrogen) atoms. The summed E-state index contributed by atoms with van der Waals surface area (Å²) in [5, 5.41) is 13.2. The van der Waals surface area contributed by atoms with Gasteiger partial charge in [-0.15, -0.1) is 28.5 Å². The van der Waals surface area contributed by atoms with Crippen LogP contribution in [0.1, 0.15) is 24.4 Å². The predicted octanol–water partition coefficient (Wildman–Crippen LogP) is 4.21. The molecule has 0 radical (unpaired) electrons. The van der Waals surface area contributed by atoms with Gasteiger partial charge in [-0.3, -0.25) is 0 Å². The van der Waals surface area contributed by atoms with Gasteiger partial charge in [0.05, 0.1) is 6.04 Å². The van der Waals surface area contributed by atoms with Crippen LogP contribution >= 0.6 is 0 Å². The van der Waals surface area contributed by atoms with Gasteiger partial charge in [-0.25, -0.2) is 0 Å². The summed E-state index contributed by atoms with van der Waals surface area (Å²) in [7, 11) is 0. The smallest absolute Gasteiger partial charge is 0.406 e. The Bertz CT molecular complexity index is 935. The van der Waals surface area contributed by atoms with Crippen LogP contribution in [0.15, 0.2) is 36.4 Å². The zero-order valence-corrected chi connectivity index (χ0v) is 13.5. The summed E-state index contributed by atoms with van der Waals surface area (Å²) in [5.74, 6) is -1.53. The highest BCUT2D eigenvalue weighted by Gasteiger charge is 2.37. The van der Waals surface area contributed by atoms with Crippen LogP contribution in [-0.4, -0.2) is 26.2 Å². The molecular weight excluding hydrogens is 380 g/mol. The molecule has 3 aromatic rings. The van der Waals surface area contributed by atoms with Crippen molar-refractivity contribution in [1.29, 1.82) is 0 Å². The molecule has 0 aliphatic rings. The molecule has 2 aromatic heterocycles. The lowest BCUT2D eigenvalue weighted by molar-refractivity contribution is -0.274. The molecule has 0 aliphatic heterocycles. The van der Waals surface area contributed by atoms with E-state index >= 15 is 0 Å². The third-order valence-corrected chi connectivity index (χ3v) is 3.49. The Morgan fingerprint density at radius 1 is 0.963 bits per heavy atom. The van der Waals surface area contributed by atoms with Gasteiger partial charge in [0.2, 0.25) is 0 Å². The number of aromatic nitrogens is 4. The molecule has 1 unspecified atom stereocenters. The number of halogens is 6. The van der Waals surface area contributed by atoms with E-state index in [4.69, 9.17) is 0 Å². The average molecular weight is 391 g/mol. The van der Waals surface area contributed by atoms with Crippen LogP contribution in [-0.2, 0) is 6.18 Å². The topological polar surface area (TPSA) is 64.3 Å². The Morgan fingerprint density at radius 3 is 2.22 bits per heavy atom. The lowest BCUT2D eigenvalue weighted by Gasteiger charge is -2.16. The number of anilines is 1. The van der Waals surface area contributed by atoms with Crippen LogP contribution in [0.3, 0.4) is 0 Å². The molecule has 0 spiro atoms. The van der Waals surface area contributed by atoms with Gasteiger partial charge in [-0.05, 0) is 36.8 Å². The van der Waals surface area contributed by atoms with Gasteiger partial charge in [-0.2, -0.15) is 17.7 Å². The van der Waals surface area contributed by atoms with Gasteiger partial charge in [0.1, 0.15) is 11.6 Å². The monoisotopic (exact) mass is 391 g/mol. The Hall–Kier alpha value is -3.05. The molecule has 1 aromatic carbocycles. The summed E-state index contributed by atoms with van der Waals surface area (Å²) >= 11 is 0. The van der Waals surface area contributed by atoms with Gasteiger partial charge in [0, 0.05) is 0 Å². The molecule has 0 amide bonds. The van der Waals surface area contributed by atoms with Gasteiger partial charge >= 0.3 is 12.5 Å². The Kier molecular flexibility index (Phi) is 4.57. The van der Waals surface area contributed by atoms with E-state index in [9.17, 15) is 26.3 Å². The van der Waals surface area contributed by atoms with Gasteiger partial charge < -0.3 is 10.1 Å². The van der Waals surface area contributed by atoms with E-state index in [0.717, 1.165) is 12.1 Å². The summed E-state index contributed by atoms with van der Waals surface area (Å²) in [6.07, 6.45) is -9.51. The SMILES string of the molecule is CC(Nc1ccc2nnc(C(F)(F)F)n2n1)c1ccc(OC(F)(F)F)cc1. The summed E-state index contributed by atoms with van der Waals surface area (Å²) in [6, 6.07) is 7.35. The van der Waals surface area contributed by atoms with E-state index in [1.807, 2.05) is 0 Å². The summed E-state index contributed by atoms with van der Waals surface area (Å²) in [6.45, 7) is 1.67. The molecule has 144 valence electrons. The van der Waals surface area contributed by atoms with Crippen LogP contribution in [0.25, 0.3) is 5.65 Å². The number of nitrogens with zero attached hydrogens (tertiary/aromatic N) is 4. The van der Waals surface area contributed by atoms with Crippen molar-refractivity contribution in [2.75, 3.05) is 5.32 Å². The van der Waals surface area contributed by atoms with Crippen LogP contribution in [0.2, 0.25) is 0 Å². The number of hydrogen-bond donors (Lipinski definition) is 1. The quantitative estimate of drug-likeness (QED) is 0.675. The molecule has 0 aliphatic carbocycles. The second kappa shape index (κ2) is 6.59. The fraction of sp³-hybridized carbons (Fsp3) is 0.267. The summed E-state index contributed by atoms with van der Waals surface area (Å²) in [5.41, 5.74) is 0.500. The lowest BCUT2D eigenvalue weighted by Crippen LogP contribution is -2.17. The number of ether oxygens (including phenoxy) is 1. The normalized spacial score (nSPS) is 13.6. The Labute approximate surface area is 147 Å². The van der Waals surface area contributed by atoms with Crippen molar-refractivity contribution in [2.24, 2.45) is 0 Å². The van der Waals surface area contributed by atoms with Crippen LogP contribution in [0.4, 0.5) is 32.2 Å². The van der Waals surface area contributed by atoms with E-state index in [1.165, 1.54) is 24.3 Å². The van der Waals surface area contributed by atoms with Crippen molar-refractivity contribution < 1.29 is 31.1 Å². The Balaban J connectivity index is 1.78.